The van der Waals surface area contributed by atoms with Gasteiger partial charge in [0.15, 0.2) is 19.7 Å². The number of ether oxygens (including phenoxy) is 4. The van der Waals surface area contributed by atoms with Crippen molar-refractivity contribution in [3.05, 3.63) is 168 Å². The summed E-state index contributed by atoms with van der Waals surface area (Å²) in [5.74, 6) is -2.70. The van der Waals surface area contributed by atoms with Gasteiger partial charge in [-0.2, -0.15) is 0 Å². The first-order valence-corrected chi connectivity index (χ1v) is 49.2. The van der Waals surface area contributed by atoms with Gasteiger partial charge < -0.3 is 90.9 Å². The molecule has 0 spiro atoms. The van der Waals surface area contributed by atoms with Gasteiger partial charge in [0.2, 0.25) is 47.3 Å². The normalized spacial score (nSPS) is 20.7. The van der Waals surface area contributed by atoms with Gasteiger partial charge in [-0.25, -0.2) is 36.0 Å². The van der Waals surface area contributed by atoms with Gasteiger partial charge in [0.1, 0.15) is 48.3 Å². The van der Waals surface area contributed by atoms with E-state index in [0.29, 0.717) is 100 Å². The molecule has 12 rings (SSSR count). The summed E-state index contributed by atoms with van der Waals surface area (Å²) in [7, 11) is -1.95. The third kappa shape index (κ3) is 24.6. The van der Waals surface area contributed by atoms with Crippen molar-refractivity contribution in [1.29, 1.82) is 0 Å². The molecule has 134 heavy (non-hydrogen) atoms. The van der Waals surface area contributed by atoms with Crippen LogP contribution in [0.1, 0.15) is 207 Å². The topological polar surface area (TPSA) is 426 Å². The van der Waals surface area contributed by atoms with Crippen LogP contribution in [0.2, 0.25) is 0 Å². The first-order valence-electron chi connectivity index (χ1n) is 45.4. The molecule has 724 valence electrons. The van der Waals surface area contributed by atoms with E-state index in [1.165, 1.54) is 60.6 Å². The van der Waals surface area contributed by atoms with E-state index < -0.39 is 114 Å². The number of sulfone groups is 2. The SMILES string of the molecule is COC(=O)N[C@H](C(=O)N1CCC[C@H]1C(=O)Nc1ccc([C@@H]2CC[C@@H](c3ccc(NC(=O)[C@@H]4CCCN4C(=O)[C@@H](NC(=O)OC)C(C)(C)C)cc3)N2c2ccc(S(C)(=O)=O)cc2)cc1)C(C)(C)C.COC(=O)N[C@H](C(=O)N1CCC[C@H]1C(=O)Nc1ccc([C@H]2CC[C@H](c3ccc(NC(=O)[C@@H]4CCCN4C(=O)[C@@H](NC(=O)OC)C(C)(C)C)cc3)N2c2ccc(S(C)(=O)=O)cc2)cc1)C(C)(C)C. The van der Waals surface area contributed by atoms with Gasteiger partial charge in [0.05, 0.1) is 62.4 Å². The number of nitrogens with zero attached hydrogens (tertiary/aromatic N) is 6. The van der Waals surface area contributed by atoms with Gasteiger partial charge in [-0.15, -0.1) is 0 Å². The van der Waals surface area contributed by atoms with Crippen LogP contribution in [0.4, 0.5) is 53.3 Å². The minimum Gasteiger partial charge on any atom is -0.453 e. The number of alkyl carbamates (subject to hydrolysis) is 4. The van der Waals surface area contributed by atoms with Crippen LogP contribution in [0.25, 0.3) is 0 Å². The number of rotatable bonds is 24. The third-order valence-electron chi connectivity index (χ3n) is 25.7. The number of carbonyl (C=O) groups is 12. The van der Waals surface area contributed by atoms with E-state index in [4.69, 9.17) is 18.9 Å². The number of hydrogen-bond donors (Lipinski definition) is 8. The fourth-order valence-corrected chi connectivity index (χ4v) is 19.9. The van der Waals surface area contributed by atoms with Gasteiger partial charge in [0, 0.05) is 72.8 Å². The summed E-state index contributed by atoms with van der Waals surface area (Å²) in [6.07, 6.45) is 6.90. The van der Waals surface area contributed by atoms with Crippen LogP contribution in [-0.2, 0) is 77.0 Å². The molecule has 36 heteroatoms. The van der Waals surface area contributed by atoms with Crippen molar-refractivity contribution < 1.29 is 93.3 Å². The lowest BCUT2D eigenvalue weighted by Gasteiger charge is -2.35. The van der Waals surface area contributed by atoms with E-state index in [0.717, 1.165) is 59.3 Å². The molecular formula is C98H130N14O20S2. The fourth-order valence-electron chi connectivity index (χ4n) is 18.6. The van der Waals surface area contributed by atoms with Crippen LogP contribution in [0, 0.1) is 21.7 Å². The number of nitrogens with one attached hydrogen (secondary N) is 8. The quantitative estimate of drug-likeness (QED) is 0.0261. The molecule has 0 aromatic heterocycles. The Hall–Kier alpha value is -12.3. The summed E-state index contributed by atoms with van der Waals surface area (Å²) >= 11 is 0. The highest BCUT2D eigenvalue weighted by molar-refractivity contribution is 7.91. The summed E-state index contributed by atoms with van der Waals surface area (Å²) < 4.78 is 68.7. The molecule has 0 radical (unpaired) electrons. The first-order chi connectivity index (χ1) is 63.0. The lowest BCUT2D eigenvalue weighted by molar-refractivity contribution is -0.140. The van der Waals surface area contributed by atoms with E-state index in [-0.39, 0.29) is 81.2 Å². The van der Waals surface area contributed by atoms with E-state index >= 15 is 0 Å². The monoisotopic (exact) mass is 1890 g/mol. The number of carbonyl (C=O) groups excluding carboxylic acids is 12. The van der Waals surface area contributed by atoms with E-state index in [9.17, 15) is 74.4 Å². The zero-order valence-corrected chi connectivity index (χ0v) is 81.4. The lowest BCUT2D eigenvalue weighted by Crippen LogP contribution is -2.57. The van der Waals surface area contributed by atoms with Crippen LogP contribution in [0.5, 0.6) is 0 Å². The Morgan fingerprint density at radius 2 is 0.478 bits per heavy atom. The standard InChI is InChI=1S/2C49H65N7O10S/c2*1-48(2,3)40(52-46(61)65-7)44(59)54-28-10-12-38(54)42(57)50-32-18-14-30(15-19-32)36-26-27-37(56(36)34-22-24-35(25-23-34)67(9,63)64)31-16-20-33(21-17-31)51-43(58)39-13-11-29-55(39)45(60)41(49(4,5)6)53-47(62)66-8/h2*14-25,36-41H,10-13,26-29H2,1-9H3,(H,50,57)(H,51,58)(H,52,61)(H,53,62)/t36-,37-,38+,39+,40-,41-;36-,37-,38-,39-,40+,41+/m10/s1. The average Bonchev–Trinajstić information content (AvgIpc) is 1.60. The van der Waals surface area contributed by atoms with Crippen molar-refractivity contribution >= 4 is 125 Å². The number of anilines is 6. The molecule has 12 atom stereocenters. The van der Waals surface area contributed by atoms with Crippen molar-refractivity contribution in [2.45, 2.75) is 242 Å². The second kappa shape index (κ2) is 42.5. The van der Waals surface area contributed by atoms with Crippen molar-refractivity contribution in [2.75, 3.05) is 98.2 Å². The Balaban J connectivity index is 0.000000258. The minimum absolute atomic E-state index is 0.130. The molecule has 6 aliphatic heterocycles. The predicted molar refractivity (Wildman–Crippen MR) is 508 cm³/mol. The Morgan fingerprint density at radius 3 is 0.642 bits per heavy atom. The highest BCUT2D eigenvalue weighted by Gasteiger charge is 2.48. The number of methoxy groups -OCH3 is 4. The molecule has 6 saturated heterocycles. The smallest absolute Gasteiger partial charge is 0.407 e. The van der Waals surface area contributed by atoms with Gasteiger partial charge in [-0.3, -0.25) is 38.4 Å². The highest BCUT2D eigenvalue weighted by atomic mass is 32.2. The van der Waals surface area contributed by atoms with Crippen molar-refractivity contribution in [3.8, 4) is 0 Å². The van der Waals surface area contributed by atoms with Crippen molar-refractivity contribution in [3.63, 3.8) is 0 Å². The number of amides is 12. The molecule has 0 bridgehead atoms. The molecule has 6 aromatic carbocycles. The molecule has 6 aliphatic rings. The molecule has 12 amide bonds. The number of benzene rings is 6. The predicted octanol–water partition coefficient (Wildman–Crippen LogP) is 13.1. The molecule has 6 fully saturated rings. The highest BCUT2D eigenvalue weighted by Crippen LogP contribution is 2.50. The van der Waals surface area contributed by atoms with Crippen LogP contribution in [-0.4, -0.2) is 224 Å². The maximum atomic E-state index is 13.8. The zero-order chi connectivity index (χ0) is 98.0. The second-order valence-corrected chi connectivity index (χ2v) is 43.5. The lowest BCUT2D eigenvalue weighted by atomic mass is 9.85. The largest absolute Gasteiger partial charge is 0.453 e. The van der Waals surface area contributed by atoms with Gasteiger partial charge in [-0.1, -0.05) is 132 Å². The molecule has 0 unspecified atom stereocenters. The summed E-state index contributed by atoms with van der Waals surface area (Å²) in [4.78, 5) is 170. The van der Waals surface area contributed by atoms with Crippen molar-refractivity contribution in [1.82, 2.24) is 40.9 Å². The Kier molecular flexibility index (Phi) is 32.4. The minimum atomic E-state index is -3.44. The molecule has 0 saturated carbocycles. The van der Waals surface area contributed by atoms with E-state index in [2.05, 4.69) is 52.3 Å². The average molecular weight is 1890 g/mol. The van der Waals surface area contributed by atoms with Crippen LogP contribution in [0.3, 0.4) is 0 Å². The molecule has 0 aliphatic carbocycles. The number of likely N-dealkylation sites (tertiary alicyclic amines) is 4. The van der Waals surface area contributed by atoms with Crippen LogP contribution < -0.4 is 52.3 Å². The molecule has 6 heterocycles. The maximum Gasteiger partial charge on any atom is 0.407 e. The summed E-state index contributed by atoms with van der Waals surface area (Å²) in [6, 6.07) is 37.0. The maximum absolute atomic E-state index is 13.8. The van der Waals surface area contributed by atoms with Gasteiger partial charge >= 0.3 is 24.4 Å². The molecular weight excluding hydrogens is 1760 g/mol. The Morgan fingerprint density at radius 1 is 0.291 bits per heavy atom. The van der Waals surface area contributed by atoms with Crippen molar-refractivity contribution in [2.24, 2.45) is 21.7 Å². The van der Waals surface area contributed by atoms with E-state index in [1.54, 1.807) is 24.3 Å². The number of hydrogen-bond acceptors (Lipinski definition) is 22. The zero-order valence-electron chi connectivity index (χ0n) is 79.8. The molecule has 6 aromatic rings. The van der Waals surface area contributed by atoms with E-state index in [1.807, 2.05) is 204 Å². The second-order valence-electron chi connectivity index (χ2n) is 39.5. The van der Waals surface area contributed by atoms with Gasteiger partial charge in [-0.05, 0) is 218 Å². The van der Waals surface area contributed by atoms with Crippen LogP contribution in [0.15, 0.2) is 155 Å². The molecule has 34 nitrogen and oxygen atoms in total. The fraction of sp³-hybridized carbons (Fsp3) is 0.510. The summed E-state index contributed by atoms with van der Waals surface area (Å²) in [6.45, 7) is 23.6. The van der Waals surface area contributed by atoms with Crippen LogP contribution >= 0.6 is 0 Å². The Bertz CT molecular complexity index is 4910. The summed E-state index contributed by atoms with van der Waals surface area (Å²) in [5, 5.41) is 22.6. The van der Waals surface area contributed by atoms with Gasteiger partial charge in [0.25, 0.3) is 0 Å². The summed E-state index contributed by atoms with van der Waals surface area (Å²) in [5.41, 5.74) is 5.21. The Labute approximate surface area is 785 Å². The molecule has 8 N–H and O–H groups in total. The third-order valence-corrected chi connectivity index (χ3v) is 28.0. The first kappa shape index (κ1) is 102.